The van der Waals surface area contributed by atoms with E-state index in [0.717, 1.165) is 12.1 Å². The van der Waals surface area contributed by atoms with E-state index in [2.05, 4.69) is 5.32 Å². The summed E-state index contributed by atoms with van der Waals surface area (Å²) in [5, 5.41) is 12.5. The third kappa shape index (κ3) is 6.12. The second kappa shape index (κ2) is 8.38. The first-order valence-electron chi connectivity index (χ1n) is 8.97. The zero-order valence-electron chi connectivity index (χ0n) is 16.0. The number of carboxylic acids is 1. The number of likely N-dealkylation sites (tertiary alicyclic amines) is 1. The van der Waals surface area contributed by atoms with Crippen LogP contribution in [0.3, 0.4) is 0 Å². The van der Waals surface area contributed by atoms with Gasteiger partial charge in [0.05, 0.1) is 11.5 Å². The number of nitrogens with one attached hydrogen (secondary N) is 1. The summed E-state index contributed by atoms with van der Waals surface area (Å²) >= 11 is 0. The Morgan fingerprint density at radius 1 is 1.29 bits per heavy atom. The number of hydrogen-bond donors (Lipinski definition) is 2. The fourth-order valence-electron chi connectivity index (χ4n) is 3.05. The molecule has 1 heterocycles. The zero-order valence-corrected chi connectivity index (χ0v) is 16.0. The normalized spacial score (nSPS) is 20.7. The van der Waals surface area contributed by atoms with E-state index in [4.69, 9.17) is 4.74 Å². The predicted molar refractivity (Wildman–Crippen MR) is 95.6 cm³/mol. The molecule has 0 aliphatic carbocycles. The Labute approximate surface area is 161 Å². The van der Waals surface area contributed by atoms with Gasteiger partial charge in [-0.3, -0.25) is 4.79 Å². The van der Waals surface area contributed by atoms with Gasteiger partial charge in [0.15, 0.2) is 0 Å². The Balaban J connectivity index is 2.01. The molecule has 28 heavy (non-hydrogen) atoms. The SMILES string of the molecule is CC(C)(C)OC(=O)N1CC[C@@H](NCc2cccc(C(F)(F)F)c2)[C@H](C(=O)O)C1. The molecule has 2 N–H and O–H groups in total. The molecule has 0 unspecified atom stereocenters. The van der Waals surface area contributed by atoms with Gasteiger partial charge in [-0.15, -0.1) is 0 Å². The van der Waals surface area contributed by atoms with Crippen molar-refractivity contribution in [1.29, 1.82) is 0 Å². The molecule has 1 aromatic rings. The lowest BCUT2D eigenvalue weighted by molar-refractivity contribution is -0.144. The van der Waals surface area contributed by atoms with Crippen LogP contribution in [-0.4, -0.2) is 46.8 Å². The van der Waals surface area contributed by atoms with Crippen molar-refractivity contribution in [3.8, 4) is 0 Å². The minimum atomic E-state index is -4.43. The van der Waals surface area contributed by atoms with Gasteiger partial charge in [0, 0.05) is 25.7 Å². The Bertz CT molecular complexity index is 716. The van der Waals surface area contributed by atoms with Crippen molar-refractivity contribution < 1.29 is 32.6 Å². The minimum Gasteiger partial charge on any atom is -0.481 e. The Kier molecular flexibility index (Phi) is 6.59. The maximum atomic E-state index is 12.8. The van der Waals surface area contributed by atoms with E-state index in [9.17, 15) is 27.9 Å². The summed E-state index contributed by atoms with van der Waals surface area (Å²) in [5.41, 5.74) is -1.02. The number of carbonyl (C=O) groups excluding carboxylic acids is 1. The van der Waals surface area contributed by atoms with Crippen LogP contribution in [-0.2, 0) is 22.3 Å². The van der Waals surface area contributed by atoms with Crippen LogP contribution < -0.4 is 5.32 Å². The molecule has 1 fully saturated rings. The van der Waals surface area contributed by atoms with Crippen molar-refractivity contribution in [2.75, 3.05) is 13.1 Å². The van der Waals surface area contributed by atoms with Crippen LogP contribution in [0.25, 0.3) is 0 Å². The van der Waals surface area contributed by atoms with Crippen LogP contribution in [0.1, 0.15) is 38.3 Å². The lowest BCUT2D eigenvalue weighted by atomic mass is 9.92. The number of carbonyl (C=O) groups is 2. The van der Waals surface area contributed by atoms with Crippen molar-refractivity contribution >= 4 is 12.1 Å². The van der Waals surface area contributed by atoms with Gasteiger partial charge in [-0.25, -0.2) is 4.79 Å². The summed E-state index contributed by atoms with van der Waals surface area (Å²) in [6.07, 6.45) is -4.65. The first kappa shape index (κ1) is 22.0. The molecule has 0 bridgehead atoms. The first-order chi connectivity index (χ1) is 12.9. The quantitative estimate of drug-likeness (QED) is 0.806. The number of piperidine rings is 1. The molecule has 0 radical (unpaired) electrons. The van der Waals surface area contributed by atoms with E-state index < -0.39 is 41.4 Å². The molecule has 2 atom stereocenters. The van der Waals surface area contributed by atoms with Crippen molar-refractivity contribution in [2.24, 2.45) is 5.92 Å². The highest BCUT2D eigenvalue weighted by Gasteiger charge is 2.37. The molecular weight excluding hydrogens is 377 g/mol. The number of aliphatic carboxylic acids is 1. The van der Waals surface area contributed by atoms with Crippen molar-refractivity contribution in [1.82, 2.24) is 10.2 Å². The van der Waals surface area contributed by atoms with E-state index in [0.29, 0.717) is 18.5 Å². The van der Waals surface area contributed by atoms with Gasteiger partial charge in [-0.1, -0.05) is 18.2 Å². The molecule has 0 spiro atoms. The third-order valence-electron chi connectivity index (χ3n) is 4.40. The summed E-state index contributed by atoms with van der Waals surface area (Å²) in [7, 11) is 0. The van der Waals surface area contributed by atoms with Gasteiger partial charge < -0.3 is 20.1 Å². The van der Waals surface area contributed by atoms with Gasteiger partial charge in [0.25, 0.3) is 0 Å². The van der Waals surface area contributed by atoms with E-state index in [-0.39, 0.29) is 13.1 Å². The molecular formula is C19H25F3N2O4. The molecule has 1 amide bonds. The number of rotatable bonds is 4. The molecule has 0 saturated carbocycles. The van der Waals surface area contributed by atoms with Crippen molar-refractivity contribution in [3.63, 3.8) is 0 Å². The summed E-state index contributed by atoms with van der Waals surface area (Å²) in [4.78, 5) is 25.2. The van der Waals surface area contributed by atoms with Crippen molar-refractivity contribution in [3.05, 3.63) is 35.4 Å². The average molecular weight is 402 g/mol. The molecule has 156 valence electrons. The highest BCUT2D eigenvalue weighted by molar-refractivity contribution is 5.74. The van der Waals surface area contributed by atoms with Crippen LogP contribution >= 0.6 is 0 Å². The van der Waals surface area contributed by atoms with Crippen LogP contribution in [0.2, 0.25) is 0 Å². The number of hydrogen-bond acceptors (Lipinski definition) is 4. The lowest BCUT2D eigenvalue weighted by Gasteiger charge is -2.37. The molecule has 1 saturated heterocycles. The van der Waals surface area contributed by atoms with Gasteiger partial charge in [-0.05, 0) is 38.8 Å². The van der Waals surface area contributed by atoms with Crippen LogP contribution in [0.5, 0.6) is 0 Å². The summed E-state index contributed by atoms with van der Waals surface area (Å²) < 4.78 is 43.7. The van der Waals surface area contributed by atoms with E-state index >= 15 is 0 Å². The maximum absolute atomic E-state index is 12.8. The Hall–Kier alpha value is -2.29. The molecule has 6 nitrogen and oxygen atoms in total. The minimum absolute atomic E-state index is 0.0233. The standard InChI is InChI=1S/C19H25F3N2O4/c1-18(2,3)28-17(27)24-8-7-15(14(11-24)16(25)26)23-10-12-5-4-6-13(9-12)19(20,21)22/h4-6,9,14-15,23H,7-8,10-11H2,1-3H3,(H,25,26)/t14-,15-/m1/s1. The smallest absolute Gasteiger partial charge is 0.416 e. The Morgan fingerprint density at radius 2 is 1.96 bits per heavy atom. The van der Waals surface area contributed by atoms with Gasteiger partial charge in [0.2, 0.25) is 0 Å². The number of ether oxygens (including phenoxy) is 1. The topological polar surface area (TPSA) is 78.9 Å². The fraction of sp³-hybridized carbons (Fsp3) is 0.579. The van der Waals surface area contributed by atoms with Gasteiger partial charge in [0.1, 0.15) is 5.60 Å². The fourth-order valence-corrected chi connectivity index (χ4v) is 3.05. The second-order valence-corrected chi connectivity index (χ2v) is 7.85. The summed E-state index contributed by atoms with van der Waals surface area (Å²) in [6.45, 7) is 5.56. The van der Waals surface area contributed by atoms with Gasteiger partial charge >= 0.3 is 18.2 Å². The van der Waals surface area contributed by atoms with Crippen LogP contribution in [0.4, 0.5) is 18.0 Å². The van der Waals surface area contributed by atoms with Crippen LogP contribution in [0, 0.1) is 5.92 Å². The second-order valence-electron chi connectivity index (χ2n) is 7.85. The number of nitrogens with zero attached hydrogens (tertiary/aromatic N) is 1. The number of carboxylic acid groups (broad SMARTS) is 1. The maximum Gasteiger partial charge on any atom is 0.416 e. The van der Waals surface area contributed by atoms with Gasteiger partial charge in [-0.2, -0.15) is 13.2 Å². The molecule has 2 rings (SSSR count). The lowest BCUT2D eigenvalue weighted by Crippen LogP contribution is -2.54. The van der Waals surface area contributed by atoms with E-state index in [1.807, 2.05) is 0 Å². The number of halogens is 3. The Morgan fingerprint density at radius 3 is 2.54 bits per heavy atom. The number of alkyl halides is 3. The largest absolute Gasteiger partial charge is 0.481 e. The van der Waals surface area contributed by atoms with Crippen molar-refractivity contribution in [2.45, 2.75) is 51.6 Å². The predicted octanol–water partition coefficient (Wildman–Crippen LogP) is 3.51. The molecule has 1 aromatic carbocycles. The van der Waals surface area contributed by atoms with E-state index in [1.165, 1.54) is 11.0 Å². The molecule has 0 aromatic heterocycles. The summed E-state index contributed by atoms with van der Waals surface area (Å²) in [5.74, 6) is -1.96. The zero-order chi connectivity index (χ0) is 21.1. The average Bonchev–Trinajstić information content (AvgIpc) is 2.57. The molecule has 1 aliphatic heterocycles. The first-order valence-corrected chi connectivity index (χ1v) is 8.97. The highest BCUT2D eigenvalue weighted by Crippen LogP contribution is 2.29. The van der Waals surface area contributed by atoms with Crippen LogP contribution in [0.15, 0.2) is 24.3 Å². The number of amides is 1. The van der Waals surface area contributed by atoms with E-state index in [1.54, 1.807) is 26.8 Å². The monoisotopic (exact) mass is 402 g/mol. The molecule has 1 aliphatic rings. The highest BCUT2D eigenvalue weighted by atomic mass is 19.4. The number of benzene rings is 1. The third-order valence-corrected chi connectivity index (χ3v) is 4.40. The summed E-state index contributed by atoms with van der Waals surface area (Å²) in [6, 6.07) is 4.43. The molecule has 9 heteroatoms.